The first-order chi connectivity index (χ1) is 9.12. The number of benzene rings is 1. The van der Waals surface area contributed by atoms with Crippen molar-refractivity contribution in [1.29, 1.82) is 0 Å². The molecule has 0 aromatic heterocycles. The Labute approximate surface area is 122 Å². The van der Waals surface area contributed by atoms with Crippen LogP contribution in [0.2, 0.25) is 0 Å². The summed E-state index contributed by atoms with van der Waals surface area (Å²) in [6.07, 6.45) is 1.97. The number of hydrogen-bond acceptors (Lipinski definition) is 2. The van der Waals surface area contributed by atoms with Crippen LogP contribution in [0.15, 0.2) is 28.7 Å². The molecule has 1 aliphatic heterocycles. The van der Waals surface area contributed by atoms with Crippen LogP contribution in [0.4, 0.5) is 0 Å². The molecule has 102 valence electrons. The first-order valence-corrected chi connectivity index (χ1v) is 7.70. The van der Waals surface area contributed by atoms with E-state index in [0.717, 1.165) is 42.5 Å². The molecule has 0 spiro atoms. The van der Waals surface area contributed by atoms with Gasteiger partial charge in [-0.1, -0.05) is 28.1 Å². The molecule has 1 aromatic carbocycles. The highest BCUT2D eigenvalue weighted by atomic mass is 79.9. The summed E-state index contributed by atoms with van der Waals surface area (Å²) in [5.74, 6) is 0.318. The third kappa shape index (κ3) is 2.43. The Kier molecular flexibility index (Phi) is 3.39. The van der Waals surface area contributed by atoms with Crippen LogP contribution in [-0.4, -0.2) is 36.5 Å². The highest BCUT2D eigenvalue weighted by Crippen LogP contribution is 2.50. The number of piperazine rings is 1. The normalized spacial score (nSPS) is 25.2. The maximum absolute atomic E-state index is 12.8. The second kappa shape index (κ2) is 4.91. The summed E-state index contributed by atoms with van der Waals surface area (Å²) in [4.78, 5) is 14.9. The predicted octanol–water partition coefficient (Wildman–Crippen LogP) is 2.30. The van der Waals surface area contributed by atoms with Gasteiger partial charge in [0.05, 0.1) is 5.41 Å². The van der Waals surface area contributed by atoms with E-state index in [1.807, 2.05) is 17.0 Å². The molecule has 1 atom stereocenters. The van der Waals surface area contributed by atoms with E-state index in [2.05, 4.69) is 40.3 Å². The van der Waals surface area contributed by atoms with Gasteiger partial charge in [0.25, 0.3) is 0 Å². The van der Waals surface area contributed by atoms with Gasteiger partial charge in [0.1, 0.15) is 0 Å². The van der Waals surface area contributed by atoms with Crippen molar-refractivity contribution in [2.75, 3.05) is 19.6 Å². The van der Waals surface area contributed by atoms with Crippen molar-refractivity contribution >= 4 is 21.8 Å². The molecule has 0 radical (unpaired) electrons. The van der Waals surface area contributed by atoms with Crippen molar-refractivity contribution in [1.82, 2.24) is 10.2 Å². The summed E-state index contributed by atoms with van der Waals surface area (Å²) in [7, 11) is 0. The van der Waals surface area contributed by atoms with E-state index in [1.165, 1.54) is 0 Å². The van der Waals surface area contributed by atoms with Gasteiger partial charge in [-0.2, -0.15) is 0 Å². The summed E-state index contributed by atoms with van der Waals surface area (Å²) in [5, 5.41) is 3.39. The Morgan fingerprint density at radius 2 is 2.26 bits per heavy atom. The van der Waals surface area contributed by atoms with Crippen molar-refractivity contribution in [3.8, 4) is 0 Å². The van der Waals surface area contributed by atoms with Crippen LogP contribution in [0, 0.1) is 0 Å². The Hall–Kier alpha value is -0.870. The van der Waals surface area contributed by atoms with Gasteiger partial charge in [0, 0.05) is 30.1 Å². The van der Waals surface area contributed by atoms with Gasteiger partial charge in [-0.05, 0) is 37.5 Å². The van der Waals surface area contributed by atoms with Gasteiger partial charge in [0.2, 0.25) is 5.91 Å². The SMILES string of the molecule is C[C@@H]1CN(C(=O)C2(c3cccc(Br)c3)CC2)CCN1. The fourth-order valence-corrected chi connectivity index (χ4v) is 3.36. The molecule has 19 heavy (non-hydrogen) atoms. The molecule has 4 heteroatoms. The number of nitrogens with one attached hydrogen (secondary N) is 1. The van der Waals surface area contributed by atoms with Gasteiger partial charge in [-0.25, -0.2) is 0 Å². The third-order valence-electron chi connectivity index (χ3n) is 4.19. The fourth-order valence-electron chi connectivity index (χ4n) is 2.96. The summed E-state index contributed by atoms with van der Waals surface area (Å²) in [6, 6.07) is 8.61. The Bertz CT molecular complexity index is 499. The standard InChI is InChI=1S/C15H19BrN2O/c1-11-10-18(8-7-17-11)14(19)15(5-6-15)12-3-2-4-13(16)9-12/h2-4,9,11,17H,5-8,10H2,1H3/t11-/m1/s1. The number of hydrogen-bond donors (Lipinski definition) is 1. The highest BCUT2D eigenvalue weighted by molar-refractivity contribution is 9.10. The highest BCUT2D eigenvalue weighted by Gasteiger charge is 2.53. The lowest BCUT2D eigenvalue weighted by atomic mass is 9.94. The second-order valence-corrected chi connectivity index (χ2v) is 6.61. The Morgan fingerprint density at radius 3 is 2.89 bits per heavy atom. The Morgan fingerprint density at radius 1 is 1.47 bits per heavy atom. The van der Waals surface area contributed by atoms with Crippen molar-refractivity contribution in [3.63, 3.8) is 0 Å². The molecule has 1 aromatic rings. The van der Waals surface area contributed by atoms with Gasteiger partial charge >= 0.3 is 0 Å². The maximum atomic E-state index is 12.8. The topological polar surface area (TPSA) is 32.3 Å². The minimum absolute atomic E-state index is 0.235. The second-order valence-electron chi connectivity index (χ2n) is 5.70. The molecule has 1 N–H and O–H groups in total. The minimum atomic E-state index is -0.235. The summed E-state index contributed by atoms with van der Waals surface area (Å²) in [6.45, 7) is 4.70. The van der Waals surface area contributed by atoms with E-state index in [1.54, 1.807) is 0 Å². The molecule has 1 saturated heterocycles. The van der Waals surface area contributed by atoms with Crippen LogP contribution in [0.5, 0.6) is 0 Å². The molecule has 1 amide bonds. The lowest BCUT2D eigenvalue weighted by Gasteiger charge is -2.34. The first kappa shape index (κ1) is 13.1. The zero-order chi connectivity index (χ0) is 13.5. The van der Waals surface area contributed by atoms with E-state index in [-0.39, 0.29) is 5.41 Å². The van der Waals surface area contributed by atoms with Crippen molar-refractivity contribution < 1.29 is 4.79 Å². The van der Waals surface area contributed by atoms with Gasteiger partial charge in [-0.15, -0.1) is 0 Å². The van der Waals surface area contributed by atoms with Crippen molar-refractivity contribution in [2.24, 2.45) is 0 Å². The first-order valence-electron chi connectivity index (χ1n) is 6.91. The molecule has 3 nitrogen and oxygen atoms in total. The van der Waals surface area contributed by atoms with Crippen LogP contribution in [-0.2, 0) is 10.2 Å². The molecule has 3 rings (SSSR count). The number of amides is 1. The van der Waals surface area contributed by atoms with Crippen LogP contribution in [0.25, 0.3) is 0 Å². The average molecular weight is 323 g/mol. The van der Waals surface area contributed by atoms with Gasteiger partial charge in [0.15, 0.2) is 0 Å². The van der Waals surface area contributed by atoms with E-state index >= 15 is 0 Å². The summed E-state index contributed by atoms with van der Waals surface area (Å²) >= 11 is 3.50. The van der Waals surface area contributed by atoms with Gasteiger partial charge in [-0.3, -0.25) is 4.79 Å². The summed E-state index contributed by atoms with van der Waals surface area (Å²) < 4.78 is 1.05. The largest absolute Gasteiger partial charge is 0.339 e. The number of halogens is 1. The van der Waals surface area contributed by atoms with Crippen molar-refractivity contribution in [2.45, 2.75) is 31.2 Å². The zero-order valence-electron chi connectivity index (χ0n) is 11.2. The van der Waals surface area contributed by atoms with E-state index in [4.69, 9.17) is 0 Å². The smallest absolute Gasteiger partial charge is 0.233 e. The maximum Gasteiger partial charge on any atom is 0.233 e. The van der Waals surface area contributed by atoms with E-state index in [9.17, 15) is 4.79 Å². The summed E-state index contributed by atoms with van der Waals surface area (Å²) in [5.41, 5.74) is 0.930. The lowest BCUT2D eigenvalue weighted by Crippen LogP contribution is -2.53. The quantitative estimate of drug-likeness (QED) is 0.906. The van der Waals surface area contributed by atoms with E-state index < -0.39 is 0 Å². The average Bonchev–Trinajstić information content (AvgIpc) is 3.19. The van der Waals surface area contributed by atoms with Crippen LogP contribution >= 0.6 is 15.9 Å². The Balaban J connectivity index is 1.82. The number of nitrogens with zero attached hydrogens (tertiary/aromatic N) is 1. The number of carbonyl (C=O) groups excluding carboxylic acids is 1. The van der Waals surface area contributed by atoms with Gasteiger partial charge < -0.3 is 10.2 Å². The molecule has 1 aliphatic carbocycles. The molecular formula is C15H19BrN2O. The molecule has 2 aliphatic rings. The zero-order valence-corrected chi connectivity index (χ0v) is 12.7. The van der Waals surface area contributed by atoms with Crippen molar-refractivity contribution in [3.05, 3.63) is 34.3 Å². The molecule has 1 saturated carbocycles. The number of carbonyl (C=O) groups is 1. The van der Waals surface area contributed by atoms with Crippen LogP contribution < -0.4 is 5.32 Å². The molecule has 1 heterocycles. The molecular weight excluding hydrogens is 304 g/mol. The third-order valence-corrected chi connectivity index (χ3v) is 4.69. The molecule has 0 bridgehead atoms. The predicted molar refractivity (Wildman–Crippen MR) is 79.1 cm³/mol. The van der Waals surface area contributed by atoms with Crippen LogP contribution in [0.1, 0.15) is 25.3 Å². The monoisotopic (exact) mass is 322 g/mol. The number of rotatable bonds is 2. The minimum Gasteiger partial charge on any atom is -0.339 e. The lowest BCUT2D eigenvalue weighted by molar-refractivity contribution is -0.135. The molecule has 0 unspecified atom stereocenters. The van der Waals surface area contributed by atoms with E-state index in [0.29, 0.717) is 11.9 Å². The fraction of sp³-hybridized carbons (Fsp3) is 0.533. The van der Waals surface area contributed by atoms with Crippen LogP contribution in [0.3, 0.4) is 0 Å². The molecule has 2 fully saturated rings.